The molecule has 0 bridgehead atoms. The summed E-state index contributed by atoms with van der Waals surface area (Å²) in [4.78, 5) is 25.6. The lowest BCUT2D eigenvalue weighted by Gasteiger charge is -2.35. The lowest BCUT2D eigenvalue weighted by Crippen LogP contribution is -2.42. The quantitative estimate of drug-likeness (QED) is 0.796. The van der Waals surface area contributed by atoms with Gasteiger partial charge in [-0.05, 0) is 31.1 Å². The largest absolute Gasteiger partial charge is 0.481 e. The van der Waals surface area contributed by atoms with Crippen molar-refractivity contribution < 1.29 is 14.7 Å². The molecule has 0 aromatic heterocycles. The number of nitrogens with zero attached hydrogens (tertiary/aromatic N) is 1. The number of hydrogen-bond acceptors (Lipinski definition) is 2. The minimum atomic E-state index is -0.749. The second kappa shape index (κ2) is 6.20. The van der Waals surface area contributed by atoms with Crippen LogP contribution >= 0.6 is 0 Å². The van der Waals surface area contributed by atoms with Gasteiger partial charge in [-0.2, -0.15) is 0 Å². The number of hydrogen-bond donors (Lipinski definition) is 1. The van der Waals surface area contributed by atoms with Crippen LogP contribution in [-0.2, 0) is 9.59 Å². The van der Waals surface area contributed by atoms with Gasteiger partial charge in [-0.25, -0.2) is 0 Å². The Hall–Kier alpha value is -1.32. The first-order valence-corrected chi connectivity index (χ1v) is 8.00. The van der Waals surface area contributed by atoms with Crippen molar-refractivity contribution in [1.29, 1.82) is 0 Å². The molecule has 4 heteroatoms. The average molecular weight is 293 g/mol. The first-order chi connectivity index (χ1) is 9.79. The van der Waals surface area contributed by atoms with Crippen LogP contribution < -0.4 is 0 Å². The lowest BCUT2D eigenvalue weighted by atomic mass is 9.80. The van der Waals surface area contributed by atoms with Gasteiger partial charge in [0.15, 0.2) is 0 Å². The number of aliphatic carboxylic acids is 1. The van der Waals surface area contributed by atoms with Gasteiger partial charge in [0, 0.05) is 19.0 Å². The molecular formula is C17H27NO3. The van der Waals surface area contributed by atoms with Crippen molar-refractivity contribution in [3.63, 3.8) is 0 Å². The summed E-state index contributed by atoms with van der Waals surface area (Å²) in [5.74, 6) is -1.02. The molecule has 1 aliphatic heterocycles. The Morgan fingerprint density at radius 3 is 2.43 bits per heavy atom. The Morgan fingerprint density at radius 1 is 1.24 bits per heavy atom. The Kier molecular flexibility index (Phi) is 4.74. The number of carboxylic acid groups (broad SMARTS) is 1. The molecule has 0 aromatic rings. The number of rotatable bonds is 2. The average Bonchev–Trinajstić information content (AvgIpc) is 2.46. The van der Waals surface area contributed by atoms with Crippen LogP contribution in [0.4, 0.5) is 0 Å². The van der Waals surface area contributed by atoms with Gasteiger partial charge in [-0.1, -0.05) is 38.8 Å². The van der Waals surface area contributed by atoms with Crippen LogP contribution in [0.25, 0.3) is 0 Å². The summed E-state index contributed by atoms with van der Waals surface area (Å²) < 4.78 is 0. The van der Waals surface area contributed by atoms with Crippen LogP contribution in [0.15, 0.2) is 11.6 Å². The highest BCUT2D eigenvalue weighted by atomic mass is 16.4. The monoisotopic (exact) mass is 293 g/mol. The van der Waals surface area contributed by atoms with Crippen LogP contribution in [0.2, 0.25) is 0 Å². The second-order valence-electron chi connectivity index (χ2n) is 7.41. The molecule has 0 radical (unpaired) electrons. The van der Waals surface area contributed by atoms with Crippen molar-refractivity contribution in [2.75, 3.05) is 13.1 Å². The predicted octanol–water partition coefficient (Wildman–Crippen LogP) is 3.08. The molecule has 1 heterocycles. The van der Waals surface area contributed by atoms with E-state index < -0.39 is 5.97 Å². The highest BCUT2D eigenvalue weighted by Gasteiger charge is 2.34. The molecule has 118 valence electrons. The maximum absolute atomic E-state index is 12.6. The fourth-order valence-electron chi connectivity index (χ4n) is 3.45. The van der Waals surface area contributed by atoms with Crippen LogP contribution in [0.3, 0.4) is 0 Å². The molecule has 1 fully saturated rings. The van der Waals surface area contributed by atoms with Gasteiger partial charge in [0.2, 0.25) is 5.91 Å². The minimum Gasteiger partial charge on any atom is -0.481 e. The third-order valence-corrected chi connectivity index (χ3v) is 4.86. The van der Waals surface area contributed by atoms with Crippen molar-refractivity contribution in [3.05, 3.63) is 11.6 Å². The Bertz CT molecular complexity index is 447. The smallest absolute Gasteiger partial charge is 0.306 e. The van der Waals surface area contributed by atoms with Gasteiger partial charge in [-0.15, -0.1) is 0 Å². The van der Waals surface area contributed by atoms with Crippen LogP contribution in [0.1, 0.15) is 52.9 Å². The molecule has 2 rings (SSSR count). The van der Waals surface area contributed by atoms with Gasteiger partial charge < -0.3 is 10.0 Å². The Labute approximate surface area is 127 Å². The summed E-state index contributed by atoms with van der Waals surface area (Å²) in [5, 5.41) is 9.14. The lowest BCUT2D eigenvalue weighted by molar-refractivity contribution is -0.145. The highest BCUT2D eigenvalue weighted by Crippen LogP contribution is 2.33. The van der Waals surface area contributed by atoms with Gasteiger partial charge >= 0.3 is 5.97 Å². The van der Waals surface area contributed by atoms with E-state index in [4.69, 9.17) is 5.11 Å². The summed E-state index contributed by atoms with van der Waals surface area (Å²) in [6, 6.07) is 0. The van der Waals surface area contributed by atoms with E-state index in [1.165, 1.54) is 5.57 Å². The maximum Gasteiger partial charge on any atom is 0.306 e. The van der Waals surface area contributed by atoms with Crippen molar-refractivity contribution in [2.24, 2.45) is 17.3 Å². The molecule has 1 aliphatic carbocycles. The maximum atomic E-state index is 12.6. The molecule has 4 nitrogen and oxygen atoms in total. The molecule has 0 aromatic carbocycles. The molecule has 21 heavy (non-hydrogen) atoms. The third kappa shape index (κ3) is 3.86. The molecule has 2 atom stereocenters. The minimum absolute atomic E-state index is 0.0931. The van der Waals surface area contributed by atoms with E-state index in [1.807, 2.05) is 4.90 Å². The Balaban J connectivity index is 1.96. The molecular weight excluding hydrogens is 266 g/mol. The van der Waals surface area contributed by atoms with Crippen molar-refractivity contribution in [3.8, 4) is 0 Å². The topological polar surface area (TPSA) is 57.6 Å². The van der Waals surface area contributed by atoms with Crippen LogP contribution in [0, 0.1) is 17.3 Å². The first-order valence-electron chi connectivity index (χ1n) is 8.00. The summed E-state index contributed by atoms with van der Waals surface area (Å²) >= 11 is 0. The highest BCUT2D eigenvalue weighted by molar-refractivity contribution is 5.80. The summed E-state index contributed by atoms with van der Waals surface area (Å²) in [7, 11) is 0. The zero-order valence-electron chi connectivity index (χ0n) is 13.4. The first kappa shape index (κ1) is 16.1. The predicted molar refractivity (Wildman–Crippen MR) is 81.8 cm³/mol. The van der Waals surface area contributed by atoms with Gasteiger partial charge in [-0.3, -0.25) is 9.59 Å². The fourth-order valence-corrected chi connectivity index (χ4v) is 3.45. The van der Waals surface area contributed by atoms with Gasteiger partial charge in [0.05, 0.1) is 5.92 Å². The molecule has 1 N–H and O–H groups in total. The normalized spacial score (nSPS) is 27.2. The van der Waals surface area contributed by atoms with E-state index in [0.29, 0.717) is 19.4 Å². The summed E-state index contributed by atoms with van der Waals surface area (Å²) in [5.41, 5.74) is 1.59. The van der Waals surface area contributed by atoms with Crippen LogP contribution in [0.5, 0.6) is 0 Å². The molecule has 2 aliphatic rings. The van der Waals surface area contributed by atoms with E-state index in [1.54, 1.807) is 0 Å². The van der Waals surface area contributed by atoms with E-state index in [9.17, 15) is 9.59 Å². The zero-order chi connectivity index (χ0) is 15.6. The molecule has 0 spiro atoms. The Morgan fingerprint density at radius 2 is 1.90 bits per heavy atom. The van der Waals surface area contributed by atoms with E-state index in [2.05, 4.69) is 26.8 Å². The van der Waals surface area contributed by atoms with E-state index >= 15 is 0 Å². The number of carbonyl (C=O) groups is 2. The SMILES string of the molecule is CC(C)(C)C1=CCN(C(=O)C2CCCC(C(=O)O)C2)CC1. The fraction of sp³-hybridized carbons (Fsp3) is 0.765. The number of carboxylic acids is 1. The van der Waals surface area contributed by atoms with Crippen LogP contribution in [-0.4, -0.2) is 35.0 Å². The van der Waals surface area contributed by atoms with E-state index in [0.717, 1.165) is 25.8 Å². The summed E-state index contributed by atoms with van der Waals surface area (Å²) in [6.45, 7) is 8.06. The number of carbonyl (C=O) groups excluding carboxylic acids is 1. The summed E-state index contributed by atoms with van der Waals surface area (Å²) in [6.07, 6.45) is 6.04. The standard InChI is InChI=1S/C17H27NO3/c1-17(2,3)14-7-9-18(10-8-14)15(19)12-5-4-6-13(11-12)16(20)21/h7,12-13H,4-6,8-11H2,1-3H3,(H,20,21). The molecule has 2 unspecified atom stereocenters. The molecule has 0 saturated heterocycles. The van der Waals surface area contributed by atoms with Gasteiger partial charge in [0.25, 0.3) is 0 Å². The third-order valence-electron chi connectivity index (χ3n) is 4.86. The molecule has 1 amide bonds. The number of amides is 1. The van der Waals surface area contributed by atoms with Gasteiger partial charge in [0.1, 0.15) is 0 Å². The van der Waals surface area contributed by atoms with E-state index in [-0.39, 0.29) is 23.2 Å². The molecule has 1 saturated carbocycles. The van der Waals surface area contributed by atoms with Crippen molar-refractivity contribution in [1.82, 2.24) is 4.90 Å². The zero-order valence-corrected chi connectivity index (χ0v) is 13.4. The second-order valence-corrected chi connectivity index (χ2v) is 7.41. The van der Waals surface area contributed by atoms with Crippen molar-refractivity contribution in [2.45, 2.75) is 52.9 Å². The van der Waals surface area contributed by atoms with Crippen molar-refractivity contribution >= 4 is 11.9 Å².